The van der Waals surface area contributed by atoms with Crippen LogP contribution in [-0.2, 0) is 0 Å². The molecule has 426 valence electrons. The number of alkyl halides is 1. The Bertz CT molecular complexity index is 2760. The number of halogens is 2. The summed E-state index contributed by atoms with van der Waals surface area (Å²) in [7, 11) is 0. The molecule has 5 aromatic carbocycles. The normalized spacial score (nSPS) is 11.7. The van der Waals surface area contributed by atoms with Gasteiger partial charge in [-0.3, -0.25) is 4.99 Å². The van der Waals surface area contributed by atoms with Crippen molar-refractivity contribution in [3.63, 3.8) is 0 Å². The first-order valence-corrected chi connectivity index (χ1v) is 25.6. The van der Waals surface area contributed by atoms with Crippen molar-refractivity contribution in [1.82, 2.24) is 5.32 Å². The number of anilines is 3. The Hall–Kier alpha value is -8.03. The van der Waals surface area contributed by atoms with E-state index in [0.29, 0.717) is 47.9 Å². The van der Waals surface area contributed by atoms with E-state index < -0.39 is 29.8 Å². The molecular weight excluding hydrogens is 1200 g/mol. The van der Waals surface area contributed by atoms with E-state index in [1.807, 2.05) is 25.0 Å². The number of benzene rings is 5. The number of nitrogen functional groups attached to an aromatic ring is 1. The Morgan fingerprint density at radius 3 is 1.41 bits per heavy atom. The summed E-state index contributed by atoms with van der Waals surface area (Å²) < 4.78 is 0. The van der Waals surface area contributed by atoms with Crippen LogP contribution in [0.5, 0.6) is 34.5 Å². The van der Waals surface area contributed by atoms with Gasteiger partial charge in [-0.05, 0) is 116 Å². The molecule has 0 saturated carbocycles. The number of rotatable bonds is 10. The molecule has 22 N–H and O–H groups in total. The first-order valence-electron chi connectivity index (χ1n) is 21.9. The van der Waals surface area contributed by atoms with Gasteiger partial charge in [-0.2, -0.15) is 0 Å². The predicted molar refractivity (Wildman–Crippen MR) is 316 cm³/mol. The van der Waals surface area contributed by atoms with Crippen molar-refractivity contribution in [2.75, 3.05) is 53.7 Å². The zero-order chi connectivity index (χ0) is 59.1. The molecule has 0 amide bonds. The average Bonchev–Trinajstić information content (AvgIpc) is 3.34. The molecule has 0 saturated heterocycles. The number of thiocarbonyl (C=S) groups is 1. The van der Waals surface area contributed by atoms with Crippen molar-refractivity contribution >= 4 is 128 Å². The van der Waals surface area contributed by atoms with Gasteiger partial charge in [-0.25, -0.2) is 29.0 Å². The molecule has 0 fully saturated rings. The summed E-state index contributed by atoms with van der Waals surface area (Å²) in [6.45, 7) is 8.88. The smallest absolute Gasteiger partial charge is 0.335 e. The summed E-state index contributed by atoms with van der Waals surface area (Å²) in [4.78, 5) is 63.1. The molecule has 1 aliphatic heterocycles. The number of phenolic OH excluding ortho intramolecular Hbond substituents is 6. The van der Waals surface area contributed by atoms with Gasteiger partial charge in [0, 0.05) is 60.5 Å². The summed E-state index contributed by atoms with van der Waals surface area (Å²) in [6.07, 6.45) is 1.87. The molecule has 29 heteroatoms. The Labute approximate surface area is 477 Å². The topological polar surface area (TPSA) is 473 Å². The number of nitrogens with two attached hydrogens (primary N) is 4. The van der Waals surface area contributed by atoms with Crippen LogP contribution in [0.15, 0.2) is 101 Å². The number of carboxylic acid groups (broad SMARTS) is 5. The molecule has 0 bridgehead atoms. The maximum atomic E-state index is 10.9. The van der Waals surface area contributed by atoms with Gasteiger partial charge in [-0.1, -0.05) is 36.4 Å². The van der Waals surface area contributed by atoms with Crippen LogP contribution in [0, 0.1) is 11.8 Å². The van der Waals surface area contributed by atoms with Crippen molar-refractivity contribution in [2.45, 2.75) is 20.8 Å². The lowest BCUT2D eigenvalue weighted by molar-refractivity contribution is 0.0685. The van der Waals surface area contributed by atoms with Crippen molar-refractivity contribution in [3.8, 4) is 34.5 Å². The van der Waals surface area contributed by atoms with E-state index in [1.54, 1.807) is 0 Å². The summed E-state index contributed by atoms with van der Waals surface area (Å²) in [5.41, 5.74) is 22.3. The minimum Gasteiger partial charge on any atom is -0.508 e. The molecule has 1 unspecified atom stereocenters. The molecule has 0 aromatic heterocycles. The Morgan fingerprint density at radius 1 is 0.667 bits per heavy atom. The van der Waals surface area contributed by atoms with E-state index >= 15 is 0 Å². The zero-order valence-corrected chi connectivity index (χ0v) is 47.0. The summed E-state index contributed by atoms with van der Waals surface area (Å²) in [5, 5.41) is 107. The molecular formula is C49H63ClIN9O16S2. The van der Waals surface area contributed by atoms with Crippen LogP contribution in [0.25, 0.3) is 0 Å². The van der Waals surface area contributed by atoms with Crippen LogP contribution in [0.3, 0.4) is 0 Å². The number of thioether (sulfide) groups is 1. The monoisotopic (exact) mass is 1260 g/mol. The molecule has 6 rings (SSSR count). The fraction of sp³-hybridized carbons (Fsp3) is 0.224. The summed E-state index contributed by atoms with van der Waals surface area (Å²) in [6, 6.07) is 18.8. The minimum atomic E-state index is -1.18. The molecule has 1 heterocycles. The van der Waals surface area contributed by atoms with Gasteiger partial charge in [0.1, 0.15) is 34.5 Å². The van der Waals surface area contributed by atoms with Crippen molar-refractivity contribution < 1.29 is 80.1 Å². The third-order valence-electron chi connectivity index (χ3n) is 8.91. The second-order valence-electron chi connectivity index (χ2n) is 15.6. The lowest BCUT2D eigenvalue weighted by Crippen LogP contribution is -2.39. The number of hydrogen-bond donors (Lipinski definition) is 18. The van der Waals surface area contributed by atoms with Crippen LogP contribution >= 0.6 is 59.0 Å². The quantitative estimate of drug-likeness (QED) is 0.0170. The van der Waals surface area contributed by atoms with Gasteiger partial charge in [0.15, 0.2) is 11.1 Å². The number of carbonyl (C=O) groups is 5. The number of aromatic hydroxyl groups is 6. The van der Waals surface area contributed by atoms with E-state index in [-0.39, 0.29) is 85.5 Å². The second kappa shape index (κ2) is 37.7. The highest BCUT2D eigenvalue weighted by Crippen LogP contribution is 2.25. The molecule has 5 aromatic rings. The first-order chi connectivity index (χ1) is 36.0. The van der Waals surface area contributed by atoms with Crippen molar-refractivity contribution in [1.29, 1.82) is 0 Å². The molecule has 0 aliphatic carbocycles. The first kappa shape index (κ1) is 72.0. The predicted octanol–water partition coefficient (Wildman–Crippen LogP) is 6.83. The molecule has 25 nitrogen and oxygen atoms in total. The number of carboxylic acids is 5. The van der Waals surface area contributed by atoms with Crippen molar-refractivity contribution in [2.24, 2.45) is 39.0 Å². The Balaban J connectivity index is 0. The fourth-order valence-electron chi connectivity index (χ4n) is 5.20. The third-order valence-corrected chi connectivity index (χ3v) is 9.70. The molecule has 0 spiro atoms. The van der Waals surface area contributed by atoms with Crippen LogP contribution in [-0.4, -0.2) is 139 Å². The van der Waals surface area contributed by atoms with Gasteiger partial charge in [0.2, 0.25) is 0 Å². The van der Waals surface area contributed by atoms with Crippen LogP contribution in [0.2, 0.25) is 0 Å². The van der Waals surface area contributed by atoms with Gasteiger partial charge >= 0.3 is 29.8 Å². The van der Waals surface area contributed by atoms with Gasteiger partial charge in [0.05, 0.1) is 38.5 Å². The summed E-state index contributed by atoms with van der Waals surface area (Å²) >= 11 is 8.18. The number of aliphatic imine (C=N–C) groups is 2. The van der Waals surface area contributed by atoms with Gasteiger partial charge in [0.25, 0.3) is 0 Å². The SMILES string of the molecule is CC(CN)CN.CC1CN=C(Nc2cc(O)cc(C(=O)O)c2)NC1.CI.CSC(C)=Nc1cc(O)cc(C(=O)O)c1.Cl.NC(=S)Nc1cc(O)cc(C(=O)O)c1.Nc1cc(O)cc(C(=O)O)c1.O=C(O)c1cc(O)cc(O)c1. The Kier molecular flexibility index (Phi) is 34.8. The lowest BCUT2D eigenvalue weighted by Gasteiger charge is -2.20. The number of guanidine groups is 1. The highest BCUT2D eigenvalue weighted by atomic mass is 127. The van der Waals surface area contributed by atoms with E-state index in [1.165, 1.54) is 72.4 Å². The molecule has 1 atom stereocenters. The largest absolute Gasteiger partial charge is 0.508 e. The summed E-state index contributed by atoms with van der Waals surface area (Å²) in [5.74, 6) is -5.03. The minimum absolute atomic E-state index is 0. The molecule has 78 heavy (non-hydrogen) atoms. The zero-order valence-electron chi connectivity index (χ0n) is 42.4. The lowest BCUT2D eigenvalue weighted by atomic mass is 10.1. The highest BCUT2D eigenvalue weighted by Gasteiger charge is 2.13. The van der Waals surface area contributed by atoms with Crippen LogP contribution in [0.4, 0.5) is 22.7 Å². The van der Waals surface area contributed by atoms with Gasteiger partial charge in [-0.15, -0.1) is 24.2 Å². The molecule has 1 aliphatic rings. The van der Waals surface area contributed by atoms with Crippen LogP contribution < -0.4 is 38.9 Å². The number of nitrogens with one attached hydrogen (secondary N) is 3. The van der Waals surface area contributed by atoms with E-state index in [2.05, 4.69) is 67.7 Å². The standard InChI is InChI=1S/C12H15N3O3.C10H11NO3S.C8H8N2O3S.C7H7NO3.C7H6O4.C4H12N2.CH3I.ClH/c1-7-5-13-12(14-6-7)15-9-2-8(11(17)18)3-10(16)4-9;1-6(15-2)11-8-3-7(10(13)14)4-9(12)5-8;9-8(14)10-5-1-4(7(12)13)2-6(11)3-5;2*8-5-1-4(7(10)11)2-6(9)3-5;1-4(2-5)3-6;1-2;/h2-4,7,16H,5-6H2,1H3,(H,17,18)(H2,13,14,15);3-5,12H,1-2H3,(H,13,14);1-3,11H,(H,12,13)(H3,9,10,14);1-3,9H,8H2,(H,10,11);1-3,8-9H,(H,10,11);4H,2-3,5-6H2,1H3;1H3;1H. The maximum Gasteiger partial charge on any atom is 0.335 e. The van der Waals surface area contributed by atoms with Gasteiger partial charge < -0.3 is 95.1 Å². The molecule has 0 radical (unpaired) electrons. The van der Waals surface area contributed by atoms with E-state index in [0.717, 1.165) is 48.5 Å². The maximum absolute atomic E-state index is 10.9. The average molecular weight is 1260 g/mol. The van der Waals surface area contributed by atoms with Crippen molar-refractivity contribution in [3.05, 3.63) is 119 Å². The third kappa shape index (κ3) is 30.5. The van der Waals surface area contributed by atoms with E-state index in [9.17, 15) is 34.2 Å². The van der Waals surface area contributed by atoms with E-state index in [4.69, 9.17) is 68.9 Å². The fourth-order valence-corrected chi connectivity index (χ4v) is 5.51. The second-order valence-corrected chi connectivity index (χ2v) is 17.0. The number of phenols is 6. The number of hydrogen-bond acceptors (Lipinski definition) is 20. The number of nitrogens with zero attached hydrogens (tertiary/aromatic N) is 2. The number of aromatic carboxylic acids is 5. The Morgan fingerprint density at radius 2 is 1.04 bits per heavy atom. The van der Waals surface area contributed by atoms with Crippen LogP contribution in [0.1, 0.15) is 72.6 Å². The highest BCUT2D eigenvalue weighted by molar-refractivity contribution is 14.1.